The topological polar surface area (TPSA) is 120 Å². The van der Waals surface area contributed by atoms with Gasteiger partial charge in [0.15, 0.2) is 5.13 Å². The van der Waals surface area contributed by atoms with Gasteiger partial charge in [-0.3, -0.25) is 9.59 Å². The predicted molar refractivity (Wildman–Crippen MR) is 127 cm³/mol. The number of hydrogen-bond donors (Lipinski definition) is 1. The van der Waals surface area contributed by atoms with Crippen LogP contribution in [0.4, 0.5) is 5.13 Å². The fourth-order valence-electron chi connectivity index (χ4n) is 4.14. The Hall–Kier alpha value is -2.47. The maximum atomic E-state index is 13.3. The van der Waals surface area contributed by atoms with Crippen molar-refractivity contribution in [1.29, 1.82) is 0 Å². The normalized spacial score (nSPS) is 15.9. The van der Waals surface area contributed by atoms with Gasteiger partial charge in [-0.2, -0.15) is 0 Å². The van der Waals surface area contributed by atoms with Gasteiger partial charge >= 0.3 is 0 Å². The van der Waals surface area contributed by atoms with Gasteiger partial charge in [0.2, 0.25) is 15.7 Å². The Balaban J connectivity index is 1.72. The van der Waals surface area contributed by atoms with E-state index in [9.17, 15) is 18.0 Å². The molecular formula is C22H24ClN3O6S2. The molecule has 4 heterocycles. The lowest BCUT2D eigenvalue weighted by molar-refractivity contribution is -0.120. The van der Waals surface area contributed by atoms with E-state index in [2.05, 4.69) is 10.3 Å². The van der Waals surface area contributed by atoms with Crippen molar-refractivity contribution in [2.45, 2.75) is 48.9 Å². The predicted octanol–water partition coefficient (Wildman–Crippen LogP) is 4.00. The Labute approximate surface area is 205 Å². The smallest absolute Gasteiger partial charge is 0.252 e. The van der Waals surface area contributed by atoms with Gasteiger partial charge in [0.25, 0.3) is 5.56 Å². The average molecular weight is 526 g/mol. The van der Waals surface area contributed by atoms with Crippen LogP contribution in [0.5, 0.6) is 0 Å². The zero-order valence-electron chi connectivity index (χ0n) is 18.6. The summed E-state index contributed by atoms with van der Waals surface area (Å²) in [6.45, 7) is 4.35. The molecule has 0 aliphatic carbocycles. The maximum Gasteiger partial charge on any atom is 0.252 e. The molecule has 1 N–H and O–H groups in total. The van der Waals surface area contributed by atoms with Crippen molar-refractivity contribution in [3.63, 3.8) is 0 Å². The number of carbonyl (C=O) groups is 1. The second kappa shape index (κ2) is 10.0. The number of carbonyl (C=O) groups excluding carboxylic acids is 1. The van der Waals surface area contributed by atoms with E-state index in [-0.39, 0.29) is 21.5 Å². The highest BCUT2D eigenvalue weighted by Gasteiger charge is 2.30. The Morgan fingerprint density at radius 3 is 2.65 bits per heavy atom. The van der Waals surface area contributed by atoms with Gasteiger partial charge in [0, 0.05) is 25.0 Å². The fraction of sp³-hybridized carbons (Fsp3) is 0.409. The molecule has 3 aromatic heterocycles. The van der Waals surface area contributed by atoms with Gasteiger partial charge < -0.3 is 19.0 Å². The Kier molecular flexibility index (Phi) is 7.27. The van der Waals surface area contributed by atoms with Gasteiger partial charge in [-0.05, 0) is 51.2 Å². The van der Waals surface area contributed by atoms with E-state index in [0.717, 1.165) is 30.2 Å². The van der Waals surface area contributed by atoms with Crippen LogP contribution in [0.2, 0.25) is 4.34 Å². The summed E-state index contributed by atoms with van der Waals surface area (Å²) in [7, 11) is -3.95. The van der Waals surface area contributed by atoms with Crippen molar-refractivity contribution in [3.05, 3.63) is 56.8 Å². The molecule has 3 aromatic rings. The number of anilines is 1. The van der Waals surface area contributed by atoms with Crippen LogP contribution in [-0.2, 0) is 19.4 Å². The standard InChI is InChI=1S/C22H24ClN3O6S2/c1-13-9-16(34(29,30)18-5-8-32-14(18)2)11-20(27)26(13)17(10-15-3-6-31-7-4-15)21(28)25-22-24-12-19(23)33-22/h5,8-9,11-12,15,17H,3-4,6-7,10H2,1-2H3,(H,24,25,28)/t17-/m0/s1. The van der Waals surface area contributed by atoms with E-state index in [0.29, 0.717) is 34.8 Å². The number of halogens is 1. The van der Waals surface area contributed by atoms with E-state index < -0.39 is 27.3 Å². The summed E-state index contributed by atoms with van der Waals surface area (Å²) in [6, 6.07) is 2.96. The van der Waals surface area contributed by atoms with Crippen LogP contribution < -0.4 is 10.9 Å². The first-order chi connectivity index (χ1) is 16.2. The molecule has 1 aliphatic heterocycles. The SMILES string of the molecule is Cc1occc1S(=O)(=O)c1cc(C)n([C@@H](CC2CCOCC2)C(=O)Nc2ncc(Cl)s2)c(=O)c1. The molecule has 1 fully saturated rings. The number of amides is 1. The average Bonchev–Trinajstić information content (AvgIpc) is 3.41. The minimum absolute atomic E-state index is 0.00111. The quantitative estimate of drug-likeness (QED) is 0.495. The molecule has 0 saturated carbocycles. The molecular weight excluding hydrogens is 502 g/mol. The van der Waals surface area contributed by atoms with Crippen molar-refractivity contribution < 1.29 is 22.4 Å². The summed E-state index contributed by atoms with van der Waals surface area (Å²) in [5, 5.41) is 3.07. The Morgan fingerprint density at radius 1 is 1.32 bits per heavy atom. The number of ether oxygens (including phenoxy) is 1. The number of hydrogen-bond acceptors (Lipinski definition) is 8. The lowest BCUT2D eigenvalue weighted by atomic mass is 9.91. The van der Waals surface area contributed by atoms with Crippen molar-refractivity contribution in [1.82, 2.24) is 9.55 Å². The van der Waals surface area contributed by atoms with Crippen LogP contribution >= 0.6 is 22.9 Å². The summed E-state index contributed by atoms with van der Waals surface area (Å²) in [5.41, 5.74) is -0.222. The Bertz CT molecular complexity index is 1350. The minimum atomic E-state index is -3.95. The number of rotatable bonds is 7. The van der Waals surface area contributed by atoms with Gasteiger partial charge in [-0.25, -0.2) is 13.4 Å². The Morgan fingerprint density at radius 2 is 2.06 bits per heavy atom. The van der Waals surface area contributed by atoms with Crippen LogP contribution in [0.25, 0.3) is 0 Å². The zero-order valence-corrected chi connectivity index (χ0v) is 21.0. The summed E-state index contributed by atoms with van der Waals surface area (Å²) in [4.78, 5) is 30.5. The first-order valence-electron chi connectivity index (χ1n) is 10.7. The number of nitrogens with zero attached hydrogens (tertiary/aromatic N) is 2. The molecule has 0 bridgehead atoms. The van der Waals surface area contributed by atoms with Crippen molar-refractivity contribution >= 4 is 43.8 Å². The largest absolute Gasteiger partial charge is 0.468 e. The highest BCUT2D eigenvalue weighted by Crippen LogP contribution is 2.30. The summed E-state index contributed by atoms with van der Waals surface area (Å²) in [5.74, 6) is -0.00243. The molecule has 0 unspecified atom stereocenters. The van der Waals surface area contributed by atoms with E-state index >= 15 is 0 Å². The molecule has 4 rings (SSSR count). The van der Waals surface area contributed by atoms with E-state index in [1.54, 1.807) is 13.8 Å². The molecule has 1 aliphatic rings. The molecule has 1 atom stereocenters. The van der Waals surface area contributed by atoms with Crippen LogP contribution in [0, 0.1) is 19.8 Å². The van der Waals surface area contributed by atoms with E-state index in [1.165, 1.54) is 29.2 Å². The molecule has 12 heteroatoms. The van der Waals surface area contributed by atoms with Crippen LogP contribution in [0.1, 0.15) is 36.8 Å². The lowest BCUT2D eigenvalue weighted by Crippen LogP contribution is -2.36. The summed E-state index contributed by atoms with van der Waals surface area (Å²) in [6.07, 6.45) is 4.67. The van der Waals surface area contributed by atoms with Crippen molar-refractivity contribution in [2.75, 3.05) is 18.5 Å². The number of nitrogens with one attached hydrogen (secondary N) is 1. The third-order valence-electron chi connectivity index (χ3n) is 5.86. The molecule has 0 spiro atoms. The van der Waals surface area contributed by atoms with Crippen molar-refractivity contribution in [3.8, 4) is 0 Å². The zero-order chi connectivity index (χ0) is 24.5. The third kappa shape index (κ3) is 5.12. The minimum Gasteiger partial charge on any atom is -0.468 e. The number of furan rings is 1. The van der Waals surface area contributed by atoms with Gasteiger partial charge in [0.1, 0.15) is 21.0 Å². The number of thiazole rings is 1. The molecule has 1 amide bonds. The maximum absolute atomic E-state index is 13.3. The molecule has 182 valence electrons. The van der Waals surface area contributed by atoms with E-state index in [4.69, 9.17) is 20.8 Å². The van der Waals surface area contributed by atoms with Crippen LogP contribution in [0.15, 0.2) is 49.7 Å². The van der Waals surface area contributed by atoms with Crippen molar-refractivity contribution in [2.24, 2.45) is 5.92 Å². The highest BCUT2D eigenvalue weighted by atomic mass is 35.5. The van der Waals surface area contributed by atoms with E-state index in [1.807, 2.05) is 0 Å². The third-order valence-corrected chi connectivity index (χ3v) is 8.75. The van der Waals surface area contributed by atoms with Crippen LogP contribution in [0.3, 0.4) is 0 Å². The molecule has 0 aromatic carbocycles. The molecule has 34 heavy (non-hydrogen) atoms. The second-order valence-corrected chi connectivity index (χ2v) is 11.7. The summed E-state index contributed by atoms with van der Waals surface area (Å²) >= 11 is 7.05. The fourth-order valence-corrected chi connectivity index (χ4v) is 6.46. The van der Waals surface area contributed by atoms with Gasteiger partial charge in [0.05, 0.1) is 17.4 Å². The molecule has 0 radical (unpaired) electrons. The first kappa shape index (κ1) is 24.6. The number of aryl methyl sites for hydroxylation is 2. The lowest BCUT2D eigenvalue weighted by Gasteiger charge is -2.28. The first-order valence-corrected chi connectivity index (χ1v) is 13.4. The monoisotopic (exact) mass is 525 g/mol. The highest BCUT2D eigenvalue weighted by molar-refractivity contribution is 7.91. The van der Waals surface area contributed by atoms with Gasteiger partial charge in [-0.15, -0.1) is 0 Å². The van der Waals surface area contributed by atoms with Gasteiger partial charge in [-0.1, -0.05) is 22.9 Å². The molecule has 1 saturated heterocycles. The number of aromatic nitrogens is 2. The number of pyridine rings is 1. The summed E-state index contributed by atoms with van der Waals surface area (Å²) < 4.78 is 38.5. The second-order valence-electron chi connectivity index (χ2n) is 8.15. The molecule has 9 nitrogen and oxygen atoms in total. The van der Waals surface area contributed by atoms with Crippen LogP contribution in [-0.4, -0.2) is 37.1 Å². The number of sulfone groups is 1.